The summed E-state index contributed by atoms with van der Waals surface area (Å²) in [6.07, 6.45) is 3.86. The number of likely N-dealkylation sites (tertiary alicyclic amines) is 1. The van der Waals surface area contributed by atoms with Crippen LogP contribution in [0.5, 0.6) is 0 Å². The fourth-order valence-corrected chi connectivity index (χ4v) is 3.02. The number of carbonyl (C=O) groups is 1. The molecule has 1 heterocycles. The Bertz CT molecular complexity index is 302. The molecule has 1 amide bonds. The second-order valence-electron chi connectivity index (χ2n) is 7.14. The molecule has 0 bridgehead atoms. The molecular formula is C17H37N3O. The van der Waals surface area contributed by atoms with Gasteiger partial charge in [0.05, 0.1) is 0 Å². The first-order chi connectivity index (χ1) is 9.90. The minimum Gasteiger partial charge on any atom is -0.343 e. The van der Waals surface area contributed by atoms with Crippen molar-refractivity contribution in [3.05, 3.63) is 0 Å². The summed E-state index contributed by atoms with van der Waals surface area (Å²) in [5, 5.41) is 3.37. The molecule has 21 heavy (non-hydrogen) atoms. The summed E-state index contributed by atoms with van der Waals surface area (Å²) in [6, 6.07) is 0.946. The fourth-order valence-electron chi connectivity index (χ4n) is 3.02. The van der Waals surface area contributed by atoms with Crippen LogP contribution in [0.25, 0.3) is 0 Å². The van der Waals surface area contributed by atoms with Gasteiger partial charge in [-0.05, 0) is 31.7 Å². The van der Waals surface area contributed by atoms with E-state index in [1.807, 2.05) is 11.9 Å². The van der Waals surface area contributed by atoms with Crippen LogP contribution in [0.4, 0.5) is 0 Å². The quantitative estimate of drug-likeness (QED) is 0.700. The molecule has 0 spiro atoms. The predicted octanol–water partition coefficient (Wildman–Crippen LogP) is 2.59. The van der Waals surface area contributed by atoms with E-state index in [-0.39, 0.29) is 1.43 Å². The van der Waals surface area contributed by atoms with Crippen LogP contribution >= 0.6 is 0 Å². The predicted molar refractivity (Wildman–Crippen MR) is 91.6 cm³/mol. The van der Waals surface area contributed by atoms with Gasteiger partial charge in [0.2, 0.25) is 5.91 Å². The zero-order valence-electron chi connectivity index (χ0n) is 14.7. The number of amides is 1. The van der Waals surface area contributed by atoms with Crippen molar-refractivity contribution < 1.29 is 6.22 Å². The zero-order chi connectivity index (χ0) is 15.8. The average Bonchev–Trinajstić information content (AvgIpc) is 2.42. The second kappa shape index (κ2) is 9.42. The van der Waals surface area contributed by atoms with Gasteiger partial charge in [0.15, 0.2) is 0 Å². The normalized spacial score (nSPS) is 17.7. The topological polar surface area (TPSA) is 35.6 Å². The highest BCUT2D eigenvalue weighted by molar-refractivity contribution is 5.76. The molecule has 1 rings (SSSR count). The SMILES string of the molecule is CC(C)CN1CCC(N(C)C(=O)CCCNC(C)C)CC1.[HH]. The van der Waals surface area contributed by atoms with Crippen molar-refractivity contribution in [2.24, 2.45) is 5.92 Å². The van der Waals surface area contributed by atoms with Gasteiger partial charge in [0.25, 0.3) is 0 Å². The van der Waals surface area contributed by atoms with Crippen LogP contribution in [0, 0.1) is 5.92 Å². The third-order valence-electron chi connectivity index (χ3n) is 4.24. The van der Waals surface area contributed by atoms with Crippen molar-refractivity contribution in [3.8, 4) is 0 Å². The first-order valence-corrected chi connectivity index (χ1v) is 8.61. The molecular weight excluding hydrogens is 262 g/mol. The molecule has 1 saturated heterocycles. The minimum absolute atomic E-state index is 0. The third kappa shape index (κ3) is 7.28. The lowest BCUT2D eigenvalue weighted by atomic mass is 10.0. The van der Waals surface area contributed by atoms with Gasteiger partial charge in [-0.1, -0.05) is 27.7 Å². The summed E-state index contributed by atoms with van der Waals surface area (Å²) in [6.45, 7) is 13.2. The standard InChI is InChI=1S/C17H35N3O.H2/c1-14(2)13-20-11-8-16(9-12-20)19(5)17(21)7-6-10-18-15(3)4;/h14-16,18H,6-13H2,1-5H3;1H. The number of rotatable bonds is 8. The summed E-state index contributed by atoms with van der Waals surface area (Å²) in [5.74, 6) is 1.04. The van der Waals surface area contributed by atoms with Gasteiger partial charge in [-0.3, -0.25) is 4.79 Å². The van der Waals surface area contributed by atoms with Crippen molar-refractivity contribution >= 4 is 5.91 Å². The summed E-state index contributed by atoms with van der Waals surface area (Å²) < 4.78 is 0. The average molecular weight is 300 g/mol. The highest BCUT2D eigenvalue weighted by atomic mass is 16.2. The smallest absolute Gasteiger partial charge is 0.222 e. The lowest BCUT2D eigenvalue weighted by Gasteiger charge is -2.37. The van der Waals surface area contributed by atoms with Gasteiger partial charge in [-0.15, -0.1) is 0 Å². The molecule has 1 aliphatic rings. The Kier molecular flexibility index (Phi) is 8.27. The van der Waals surface area contributed by atoms with Crippen LogP contribution in [0.3, 0.4) is 0 Å². The maximum atomic E-state index is 12.2. The Hall–Kier alpha value is -0.610. The highest BCUT2D eigenvalue weighted by Gasteiger charge is 2.25. The summed E-state index contributed by atoms with van der Waals surface area (Å²) in [7, 11) is 1.99. The maximum Gasteiger partial charge on any atom is 0.222 e. The molecule has 0 radical (unpaired) electrons. The van der Waals surface area contributed by atoms with Gasteiger partial charge < -0.3 is 15.1 Å². The number of hydrogen-bond acceptors (Lipinski definition) is 3. The van der Waals surface area contributed by atoms with E-state index in [0.717, 1.165) is 44.8 Å². The third-order valence-corrected chi connectivity index (χ3v) is 4.24. The Morgan fingerprint density at radius 3 is 2.43 bits per heavy atom. The van der Waals surface area contributed by atoms with Crippen molar-refractivity contribution in [1.29, 1.82) is 0 Å². The minimum atomic E-state index is 0. The number of piperidine rings is 1. The summed E-state index contributed by atoms with van der Waals surface area (Å²) >= 11 is 0. The van der Waals surface area contributed by atoms with Gasteiger partial charge in [-0.25, -0.2) is 0 Å². The van der Waals surface area contributed by atoms with E-state index < -0.39 is 0 Å². The maximum absolute atomic E-state index is 12.2. The lowest BCUT2D eigenvalue weighted by Crippen LogP contribution is -2.46. The van der Waals surface area contributed by atoms with E-state index >= 15 is 0 Å². The molecule has 1 aliphatic heterocycles. The van der Waals surface area contributed by atoms with E-state index in [1.165, 1.54) is 6.54 Å². The van der Waals surface area contributed by atoms with Crippen molar-refractivity contribution in [1.82, 2.24) is 15.1 Å². The largest absolute Gasteiger partial charge is 0.343 e. The van der Waals surface area contributed by atoms with Crippen LogP contribution in [-0.2, 0) is 4.79 Å². The molecule has 0 atom stereocenters. The van der Waals surface area contributed by atoms with E-state index in [4.69, 9.17) is 0 Å². The van der Waals surface area contributed by atoms with E-state index in [1.54, 1.807) is 0 Å². The summed E-state index contributed by atoms with van der Waals surface area (Å²) in [4.78, 5) is 16.8. The molecule has 0 aromatic rings. The Balaban J connectivity index is 0.00000441. The Morgan fingerprint density at radius 2 is 1.90 bits per heavy atom. The monoisotopic (exact) mass is 299 g/mol. The van der Waals surface area contributed by atoms with E-state index in [9.17, 15) is 4.79 Å². The van der Waals surface area contributed by atoms with Gasteiger partial charge in [0, 0.05) is 46.6 Å². The fraction of sp³-hybridized carbons (Fsp3) is 0.941. The molecule has 0 aromatic heterocycles. The van der Waals surface area contributed by atoms with Crippen molar-refractivity contribution in [2.45, 2.75) is 65.5 Å². The van der Waals surface area contributed by atoms with Crippen molar-refractivity contribution in [3.63, 3.8) is 0 Å². The molecule has 126 valence electrons. The van der Waals surface area contributed by atoms with Crippen molar-refractivity contribution in [2.75, 3.05) is 33.2 Å². The summed E-state index contributed by atoms with van der Waals surface area (Å²) in [5.41, 5.74) is 0. The van der Waals surface area contributed by atoms with Crippen LogP contribution in [0.15, 0.2) is 0 Å². The molecule has 4 heteroatoms. The lowest BCUT2D eigenvalue weighted by molar-refractivity contribution is -0.133. The molecule has 0 unspecified atom stereocenters. The molecule has 0 aliphatic carbocycles. The number of nitrogens with zero attached hydrogens (tertiary/aromatic N) is 2. The van der Waals surface area contributed by atoms with Crippen LogP contribution in [0.2, 0.25) is 0 Å². The van der Waals surface area contributed by atoms with Crippen LogP contribution in [-0.4, -0.2) is 61.0 Å². The molecule has 1 fully saturated rings. The number of carbonyl (C=O) groups excluding carboxylic acids is 1. The van der Waals surface area contributed by atoms with Crippen LogP contribution < -0.4 is 5.32 Å². The zero-order valence-corrected chi connectivity index (χ0v) is 14.7. The highest BCUT2D eigenvalue weighted by Crippen LogP contribution is 2.17. The first kappa shape index (κ1) is 18.4. The molecule has 4 nitrogen and oxygen atoms in total. The Morgan fingerprint density at radius 1 is 1.29 bits per heavy atom. The number of hydrogen-bond donors (Lipinski definition) is 1. The number of nitrogens with one attached hydrogen (secondary N) is 1. The van der Waals surface area contributed by atoms with Gasteiger partial charge in [-0.2, -0.15) is 0 Å². The van der Waals surface area contributed by atoms with Gasteiger partial charge >= 0.3 is 0 Å². The van der Waals surface area contributed by atoms with Crippen LogP contribution in [0.1, 0.15) is 54.8 Å². The molecule has 0 aromatic carbocycles. The van der Waals surface area contributed by atoms with E-state index in [0.29, 0.717) is 24.4 Å². The van der Waals surface area contributed by atoms with Gasteiger partial charge in [0.1, 0.15) is 0 Å². The first-order valence-electron chi connectivity index (χ1n) is 8.61. The Labute approximate surface area is 132 Å². The molecule has 0 saturated carbocycles. The second-order valence-corrected chi connectivity index (χ2v) is 7.14. The molecule has 1 N–H and O–H groups in total. The van der Waals surface area contributed by atoms with E-state index in [2.05, 4.69) is 37.9 Å².